The minimum Gasteiger partial charge on any atom is -0.308 e. The van der Waals surface area contributed by atoms with Crippen LogP contribution in [0.2, 0.25) is 0 Å². The molecule has 0 spiro atoms. The van der Waals surface area contributed by atoms with Gasteiger partial charge in [0.25, 0.3) is 5.56 Å². The molecule has 0 N–H and O–H groups in total. The van der Waals surface area contributed by atoms with Crippen molar-refractivity contribution >= 4 is 0 Å². The van der Waals surface area contributed by atoms with Crippen LogP contribution in [-0.2, 0) is 13.2 Å². The van der Waals surface area contributed by atoms with E-state index in [1.54, 1.807) is 13.8 Å². The molecule has 0 aliphatic rings. The Balaban J connectivity index is 3.46. The second-order valence-corrected chi connectivity index (χ2v) is 3.72. The zero-order valence-electron chi connectivity index (χ0n) is 8.72. The molecular weight excluding hydrogens is 207 g/mol. The summed E-state index contributed by atoms with van der Waals surface area (Å²) < 4.78 is 38.2. The molecule has 0 atom stereocenters. The van der Waals surface area contributed by atoms with E-state index in [1.165, 1.54) is 6.07 Å². The molecule has 1 heterocycles. The monoisotopic (exact) mass is 219 g/mol. The molecule has 0 unspecified atom stereocenters. The minimum absolute atomic E-state index is 0.0972. The first-order valence-electron chi connectivity index (χ1n) is 4.51. The van der Waals surface area contributed by atoms with Gasteiger partial charge in [0.2, 0.25) is 0 Å². The van der Waals surface area contributed by atoms with Crippen LogP contribution in [0.4, 0.5) is 13.2 Å². The van der Waals surface area contributed by atoms with Crippen molar-refractivity contribution < 1.29 is 13.2 Å². The lowest BCUT2D eigenvalue weighted by atomic mass is 10.0. The number of halogens is 3. The summed E-state index contributed by atoms with van der Waals surface area (Å²) in [4.78, 5) is 11.3. The topological polar surface area (TPSA) is 22.0 Å². The zero-order valence-corrected chi connectivity index (χ0v) is 8.72. The van der Waals surface area contributed by atoms with Crippen LogP contribution in [0.25, 0.3) is 0 Å². The Kier molecular flexibility index (Phi) is 2.93. The van der Waals surface area contributed by atoms with Gasteiger partial charge < -0.3 is 4.57 Å². The number of aromatic nitrogens is 1. The number of hydrogen-bond donors (Lipinski definition) is 0. The SMILES string of the molecule is CC(C)c1cc(C(F)(F)F)n(C)c(=O)c1. The summed E-state index contributed by atoms with van der Waals surface area (Å²) in [7, 11) is 1.12. The largest absolute Gasteiger partial charge is 0.431 e. The number of rotatable bonds is 1. The second-order valence-electron chi connectivity index (χ2n) is 3.72. The normalized spacial score (nSPS) is 12.2. The molecule has 0 aliphatic carbocycles. The molecule has 0 saturated carbocycles. The maximum absolute atomic E-state index is 12.5. The first-order valence-corrected chi connectivity index (χ1v) is 4.51. The number of nitrogens with zero attached hydrogens (tertiary/aromatic N) is 1. The van der Waals surface area contributed by atoms with Crippen molar-refractivity contribution in [2.24, 2.45) is 7.05 Å². The Bertz CT molecular complexity index is 418. The number of pyridine rings is 1. The van der Waals surface area contributed by atoms with Crippen LogP contribution < -0.4 is 5.56 Å². The number of hydrogen-bond acceptors (Lipinski definition) is 1. The van der Waals surface area contributed by atoms with E-state index in [9.17, 15) is 18.0 Å². The van der Waals surface area contributed by atoms with Gasteiger partial charge in [-0.3, -0.25) is 4.79 Å². The summed E-state index contributed by atoms with van der Waals surface area (Å²) in [6.07, 6.45) is -4.49. The van der Waals surface area contributed by atoms with Gasteiger partial charge in [-0.15, -0.1) is 0 Å². The molecule has 2 nitrogen and oxygen atoms in total. The Morgan fingerprint density at radius 3 is 2.20 bits per heavy atom. The van der Waals surface area contributed by atoms with Crippen LogP contribution in [0.1, 0.15) is 31.0 Å². The van der Waals surface area contributed by atoms with Gasteiger partial charge in [0.15, 0.2) is 0 Å². The highest BCUT2D eigenvalue weighted by molar-refractivity contribution is 5.22. The van der Waals surface area contributed by atoms with Crippen LogP contribution in [-0.4, -0.2) is 4.57 Å². The standard InChI is InChI=1S/C10H12F3NO/c1-6(2)7-4-8(10(11,12)13)14(3)9(15)5-7/h4-6H,1-3H3. The fraction of sp³-hybridized carbons (Fsp3) is 0.500. The van der Waals surface area contributed by atoms with E-state index in [0.29, 0.717) is 10.1 Å². The molecule has 1 rings (SSSR count). The maximum atomic E-state index is 12.5. The summed E-state index contributed by atoms with van der Waals surface area (Å²) in [5.41, 5.74) is -1.13. The quantitative estimate of drug-likeness (QED) is 0.711. The Hall–Kier alpha value is -1.26. The molecule has 5 heteroatoms. The molecule has 84 valence electrons. The average Bonchev–Trinajstić information content (AvgIpc) is 2.06. The molecule has 0 amide bonds. The van der Waals surface area contributed by atoms with Gasteiger partial charge in [-0.2, -0.15) is 13.2 Å². The van der Waals surface area contributed by atoms with Crippen LogP contribution in [0.3, 0.4) is 0 Å². The molecule has 0 bridgehead atoms. The van der Waals surface area contributed by atoms with Crippen molar-refractivity contribution in [1.82, 2.24) is 4.57 Å². The predicted molar refractivity (Wildman–Crippen MR) is 50.8 cm³/mol. The molecule has 0 aliphatic heterocycles. The van der Waals surface area contributed by atoms with E-state index in [4.69, 9.17) is 0 Å². The molecule has 0 radical (unpaired) electrons. The van der Waals surface area contributed by atoms with Crippen molar-refractivity contribution in [3.05, 3.63) is 33.7 Å². The van der Waals surface area contributed by atoms with Crippen LogP contribution >= 0.6 is 0 Å². The van der Waals surface area contributed by atoms with E-state index in [-0.39, 0.29) is 5.92 Å². The lowest BCUT2D eigenvalue weighted by Gasteiger charge is -2.14. The van der Waals surface area contributed by atoms with Crippen LogP contribution in [0, 0.1) is 0 Å². The molecule has 0 aromatic carbocycles. The smallest absolute Gasteiger partial charge is 0.308 e. The Labute approximate surface area is 85.3 Å². The van der Waals surface area contributed by atoms with E-state index >= 15 is 0 Å². The van der Waals surface area contributed by atoms with E-state index in [2.05, 4.69) is 0 Å². The van der Waals surface area contributed by atoms with Gasteiger partial charge >= 0.3 is 6.18 Å². The molecule has 0 saturated heterocycles. The fourth-order valence-corrected chi connectivity index (χ4v) is 1.26. The minimum atomic E-state index is -4.49. The van der Waals surface area contributed by atoms with Crippen molar-refractivity contribution in [2.75, 3.05) is 0 Å². The third kappa shape index (κ3) is 2.40. The van der Waals surface area contributed by atoms with Crippen LogP contribution in [0.15, 0.2) is 16.9 Å². The van der Waals surface area contributed by atoms with E-state index in [0.717, 1.165) is 13.1 Å². The van der Waals surface area contributed by atoms with Gasteiger partial charge in [-0.05, 0) is 17.5 Å². The van der Waals surface area contributed by atoms with Crippen molar-refractivity contribution in [2.45, 2.75) is 25.9 Å². The molecular formula is C10H12F3NO. The molecule has 1 aromatic rings. The first kappa shape index (κ1) is 11.8. The Morgan fingerprint density at radius 2 is 1.80 bits per heavy atom. The molecule has 1 aromatic heterocycles. The highest BCUT2D eigenvalue weighted by atomic mass is 19.4. The van der Waals surface area contributed by atoms with Gasteiger partial charge in [-0.25, -0.2) is 0 Å². The maximum Gasteiger partial charge on any atom is 0.431 e. The highest BCUT2D eigenvalue weighted by Gasteiger charge is 2.34. The Morgan fingerprint density at radius 1 is 1.27 bits per heavy atom. The fourth-order valence-electron chi connectivity index (χ4n) is 1.26. The van der Waals surface area contributed by atoms with Crippen LogP contribution in [0.5, 0.6) is 0 Å². The number of alkyl halides is 3. The predicted octanol–water partition coefficient (Wildman–Crippen LogP) is 2.53. The third-order valence-corrected chi connectivity index (χ3v) is 2.24. The lowest BCUT2D eigenvalue weighted by molar-refractivity contribution is -0.143. The van der Waals surface area contributed by atoms with Gasteiger partial charge in [0, 0.05) is 13.1 Å². The van der Waals surface area contributed by atoms with Gasteiger partial charge in [0.05, 0.1) is 0 Å². The van der Waals surface area contributed by atoms with Gasteiger partial charge in [-0.1, -0.05) is 13.8 Å². The second kappa shape index (κ2) is 3.72. The third-order valence-electron chi connectivity index (χ3n) is 2.24. The van der Waals surface area contributed by atoms with Gasteiger partial charge in [0.1, 0.15) is 5.69 Å². The average molecular weight is 219 g/mol. The summed E-state index contributed by atoms with van der Waals surface area (Å²) >= 11 is 0. The molecule has 15 heavy (non-hydrogen) atoms. The first-order chi connectivity index (χ1) is 6.73. The zero-order chi connectivity index (χ0) is 11.8. The summed E-state index contributed by atoms with van der Waals surface area (Å²) in [5.74, 6) is -0.0972. The van der Waals surface area contributed by atoms with E-state index < -0.39 is 17.4 Å². The lowest BCUT2D eigenvalue weighted by Crippen LogP contribution is -2.25. The summed E-state index contributed by atoms with van der Waals surface area (Å²) in [5, 5.41) is 0. The van der Waals surface area contributed by atoms with Crippen molar-refractivity contribution in [1.29, 1.82) is 0 Å². The summed E-state index contributed by atoms with van der Waals surface area (Å²) in [6, 6.07) is 2.26. The highest BCUT2D eigenvalue weighted by Crippen LogP contribution is 2.29. The molecule has 0 fully saturated rings. The summed E-state index contributed by atoms with van der Waals surface area (Å²) in [6.45, 7) is 3.49. The van der Waals surface area contributed by atoms with E-state index in [1.807, 2.05) is 0 Å². The van der Waals surface area contributed by atoms with Crippen molar-refractivity contribution in [3.8, 4) is 0 Å². The van der Waals surface area contributed by atoms with Crippen molar-refractivity contribution in [3.63, 3.8) is 0 Å².